The number of carbonyl (C=O) groups excluding carboxylic acids is 4. The molecule has 14 nitrogen and oxygen atoms in total. The number of H-pyrrole nitrogens is 1. The molecule has 1 aliphatic heterocycles. The molecule has 3 N–H and O–H groups in total. The van der Waals surface area contributed by atoms with Gasteiger partial charge in [-0.3, -0.25) is 9.59 Å². The average molecular weight is 754 g/mol. The second-order valence-corrected chi connectivity index (χ2v) is 15.4. The lowest BCUT2D eigenvalue weighted by atomic mass is 9.83. The molecule has 1 aromatic heterocycles. The maximum Gasteiger partial charge on any atom is 0.410 e. The van der Waals surface area contributed by atoms with Gasteiger partial charge in [0.25, 0.3) is 5.91 Å². The summed E-state index contributed by atoms with van der Waals surface area (Å²) in [6.45, 7) is 6.67. The fourth-order valence-electron chi connectivity index (χ4n) is 7.17. The number of ether oxygens (including phenoxy) is 2. The number of benzene rings is 1. The first-order valence-corrected chi connectivity index (χ1v) is 19.7. The van der Waals surface area contributed by atoms with E-state index in [1.807, 2.05) is 30.3 Å². The van der Waals surface area contributed by atoms with Crippen molar-refractivity contribution >= 4 is 23.9 Å². The molecule has 4 atom stereocenters. The molecule has 2 aromatic rings. The summed E-state index contributed by atoms with van der Waals surface area (Å²) in [5, 5.41) is 14.6. The van der Waals surface area contributed by atoms with Crippen LogP contribution >= 0.6 is 0 Å². The van der Waals surface area contributed by atoms with E-state index in [1.165, 1.54) is 22.5 Å². The molecule has 1 aliphatic carbocycles. The first kappa shape index (κ1) is 42.6. The Labute approximate surface area is 320 Å². The van der Waals surface area contributed by atoms with Crippen molar-refractivity contribution in [3.05, 3.63) is 54.1 Å². The predicted octanol–water partition coefficient (Wildman–Crippen LogP) is 4.10. The number of morpholine rings is 1. The summed E-state index contributed by atoms with van der Waals surface area (Å²) in [7, 11) is 4.80. The number of aliphatic hydroxyl groups excluding tert-OH is 1. The van der Waals surface area contributed by atoms with Crippen molar-refractivity contribution in [3.8, 4) is 0 Å². The van der Waals surface area contributed by atoms with Crippen molar-refractivity contribution in [2.45, 2.75) is 102 Å². The van der Waals surface area contributed by atoms with E-state index >= 15 is 0 Å². The number of hydrogen-bond acceptors (Lipinski definition) is 8. The maximum absolute atomic E-state index is 14.4. The third-order valence-electron chi connectivity index (χ3n) is 10.7. The van der Waals surface area contributed by atoms with Gasteiger partial charge in [-0.1, -0.05) is 76.3 Å². The molecule has 1 saturated carbocycles. The van der Waals surface area contributed by atoms with Crippen LogP contribution in [0.15, 0.2) is 42.9 Å². The van der Waals surface area contributed by atoms with E-state index in [4.69, 9.17) is 9.47 Å². The van der Waals surface area contributed by atoms with E-state index in [0.29, 0.717) is 56.7 Å². The molecule has 2 heterocycles. The highest BCUT2D eigenvalue weighted by Crippen LogP contribution is 2.29. The highest BCUT2D eigenvalue weighted by atomic mass is 16.6. The number of imidazole rings is 1. The van der Waals surface area contributed by atoms with E-state index in [1.54, 1.807) is 37.1 Å². The molecular formula is C40H63N7O7. The molecule has 4 rings (SSSR count). The summed E-state index contributed by atoms with van der Waals surface area (Å²) in [5.41, 5.74) is 1.44. The number of hydrogen-bond donors (Lipinski definition) is 3. The predicted molar refractivity (Wildman–Crippen MR) is 206 cm³/mol. The largest absolute Gasteiger partial charge is 0.436 e. The lowest BCUT2D eigenvalue weighted by Gasteiger charge is -2.34. The SMILES string of the molecule is CC(C)CCC(O)[C@H](CC1CCCCC1)NC(=O)C(Cc1cnc[nH]1)N(C)C(=O)[C@H](Cc1ccccc1)OC(=O)N(C)CCN(C)C(=O)N1CCOCC1. The van der Waals surface area contributed by atoms with Gasteiger partial charge in [-0.25, -0.2) is 14.6 Å². The molecule has 2 aliphatic rings. The minimum Gasteiger partial charge on any atom is -0.436 e. The zero-order valence-corrected chi connectivity index (χ0v) is 33.0. The zero-order valence-electron chi connectivity index (χ0n) is 33.0. The van der Waals surface area contributed by atoms with Crippen molar-refractivity contribution in [1.29, 1.82) is 0 Å². The normalized spacial score (nSPS) is 17.3. The first-order valence-electron chi connectivity index (χ1n) is 19.7. The van der Waals surface area contributed by atoms with Gasteiger partial charge in [0.1, 0.15) is 6.04 Å². The van der Waals surface area contributed by atoms with Crippen LogP contribution in [0.5, 0.6) is 0 Å². The number of amides is 5. The molecule has 0 spiro atoms. The molecule has 0 bridgehead atoms. The van der Waals surface area contributed by atoms with E-state index in [9.17, 15) is 24.3 Å². The molecular weight excluding hydrogens is 690 g/mol. The molecule has 300 valence electrons. The number of likely N-dealkylation sites (N-methyl/N-ethyl adjacent to an activating group) is 3. The summed E-state index contributed by atoms with van der Waals surface area (Å²) in [6, 6.07) is 7.67. The Kier molecular flexibility index (Phi) is 17.1. The molecule has 1 saturated heterocycles. The minimum atomic E-state index is -1.24. The maximum atomic E-state index is 14.4. The van der Waals surface area contributed by atoms with Gasteiger partial charge in [-0.2, -0.15) is 0 Å². The number of urea groups is 1. The van der Waals surface area contributed by atoms with Crippen LogP contribution in [0.2, 0.25) is 0 Å². The zero-order chi connectivity index (χ0) is 39.0. The standard InChI is InChI=1S/C40H63N7O7/c1-29(2)16-17-35(48)33(24-30-12-8-6-9-13-30)43-37(49)34(26-32-27-41-28-42-32)46(5)38(50)36(25-31-14-10-7-11-15-31)54-40(52)45(4)19-18-44(3)39(51)47-20-22-53-23-21-47/h7,10-11,14-15,27-30,33-36,48H,6,8-9,12-13,16-26H2,1-5H3,(H,41,42)(H,43,49)/t33-,34?,35?,36-/m0/s1. The van der Waals surface area contributed by atoms with Gasteiger partial charge in [0.15, 0.2) is 6.10 Å². The van der Waals surface area contributed by atoms with Gasteiger partial charge < -0.3 is 44.5 Å². The highest BCUT2D eigenvalue weighted by Gasteiger charge is 2.37. The van der Waals surface area contributed by atoms with Crippen LogP contribution < -0.4 is 5.32 Å². The van der Waals surface area contributed by atoms with E-state index in [0.717, 1.165) is 37.7 Å². The third-order valence-corrected chi connectivity index (χ3v) is 10.7. The van der Waals surface area contributed by atoms with Crippen molar-refractivity contribution < 1.29 is 33.8 Å². The average Bonchev–Trinajstić information content (AvgIpc) is 3.71. The molecule has 0 radical (unpaired) electrons. The highest BCUT2D eigenvalue weighted by molar-refractivity contribution is 5.90. The van der Waals surface area contributed by atoms with E-state index in [2.05, 4.69) is 29.1 Å². The Morgan fingerprint density at radius 2 is 1.67 bits per heavy atom. The minimum absolute atomic E-state index is 0.0929. The number of rotatable bonds is 18. The second-order valence-electron chi connectivity index (χ2n) is 15.4. The summed E-state index contributed by atoms with van der Waals surface area (Å²) in [4.78, 5) is 68.3. The van der Waals surface area contributed by atoms with E-state index in [-0.39, 0.29) is 37.9 Å². The van der Waals surface area contributed by atoms with Crippen LogP contribution in [0.4, 0.5) is 9.59 Å². The Morgan fingerprint density at radius 1 is 0.981 bits per heavy atom. The van der Waals surface area contributed by atoms with Gasteiger partial charge in [-0.15, -0.1) is 0 Å². The number of nitrogens with one attached hydrogen (secondary N) is 2. The van der Waals surface area contributed by atoms with Crippen LogP contribution in [0.25, 0.3) is 0 Å². The lowest BCUT2D eigenvalue weighted by molar-refractivity contribution is -0.146. The van der Waals surface area contributed by atoms with E-state index < -0.39 is 36.3 Å². The summed E-state index contributed by atoms with van der Waals surface area (Å²) in [6.07, 6.45) is 8.39. The van der Waals surface area contributed by atoms with Crippen LogP contribution in [0.3, 0.4) is 0 Å². The fraction of sp³-hybridized carbons (Fsp3) is 0.675. The fourth-order valence-corrected chi connectivity index (χ4v) is 7.17. The number of aromatic amines is 1. The quantitative estimate of drug-likeness (QED) is 0.205. The lowest BCUT2D eigenvalue weighted by Crippen LogP contribution is -2.56. The van der Waals surface area contributed by atoms with Gasteiger partial charge in [0.2, 0.25) is 5.91 Å². The monoisotopic (exact) mass is 753 g/mol. The Hall–Kier alpha value is -4.17. The molecule has 54 heavy (non-hydrogen) atoms. The Balaban J connectivity index is 1.50. The third kappa shape index (κ3) is 13.3. The van der Waals surface area contributed by atoms with Gasteiger partial charge >= 0.3 is 12.1 Å². The number of carbonyl (C=O) groups is 4. The Bertz CT molecular complexity index is 1430. The number of aromatic nitrogens is 2. The smallest absolute Gasteiger partial charge is 0.410 e. The molecule has 2 fully saturated rings. The van der Waals surface area contributed by atoms with Crippen LogP contribution in [-0.4, -0.2) is 143 Å². The van der Waals surface area contributed by atoms with Crippen LogP contribution in [0.1, 0.15) is 76.5 Å². The summed E-state index contributed by atoms with van der Waals surface area (Å²) >= 11 is 0. The molecule has 14 heteroatoms. The first-order chi connectivity index (χ1) is 25.9. The second kappa shape index (κ2) is 21.7. The topological polar surface area (TPSA) is 161 Å². The van der Waals surface area contributed by atoms with Crippen LogP contribution in [0, 0.1) is 11.8 Å². The molecule has 2 unspecified atom stereocenters. The summed E-state index contributed by atoms with van der Waals surface area (Å²) < 4.78 is 11.3. The van der Waals surface area contributed by atoms with Gasteiger partial charge in [-0.05, 0) is 36.7 Å². The van der Waals surface area contributed by atoms with Crippen molar-refractivity contribution in [2.24, 2.45) is 11.8 Å². The van der Waals surface area contributed by atoms with Gasteiger partial charge in [0.05, 0.1) is 31.7 Å². The molecule has 1 aromatic carbocycles. The van der Waals surface area contributed by atoms with Crippen molar-refractivity contribution in [1.82, 2.24) is 34.9 Å². The van der Waals surface area contributed by atoms with Gasteiger partial charge in [0, 0.05) is 72.1 Å². The Morgan fingerprint density at radius 3 is 2.31 bits per heavy atom. The van der Waals surface area contributed by atoms with Crippen molar-refractivity contribution in [2.75, 3.05) is 60.5 Å². The summed E-state index contributed by atoms with van der Waals surface area (Å²) in [5.74, 6) is -0.111. The number of aliphatic hydroxyl groups is 1. The molecule has 5 amide bonds. The van der Waals surface area contributed by atoms with Crippen molar-refractivity contribution in [3.63, 3.8) is 0 Å². The van der Waals surface area contributed by atoms with Crippen LogP contribution in [-0.2, 0) is 31.9 Å². The number of nitrogens with zero attached hydrogens (tertiary/aromatic N) is 5.